The Bertz CT molecular complexity index is 313. The molecular formula is C12H18F6O2. The van der Waals surface area contributed by atoms with Gasteiger partial charge in [0.05, 0.1) is 0 Å². The van der Waals surface area contributed by atoms with Crippen LogP contribution >= 0.6 is 0 Å². The lowest BCUT2D eigenvalue weighted by Gasteiger charge is -2.44. The minimum atomic E-state index is -4.91. The van der Waals surface area contributed by atoms with E-state index < -0.39 is 41.8 Å². The van der Waals surface area contributed by atoms with E-state index in [1.165, 1.54) is 0 Å². The quantitative estimate of drug-likeness (QED) is 0.767. The second-order valence-electron chi connectivity index (χ2n) is 5.85. The van der Waals surface area contributed by atoms with Crippen molar-refractivity contribution in [3.63, 3.8) is 0 Å². The lowest BCUT2D eigenvalue weighted by atomic mass is 9.68. The predicted molar refractivity (Wildman–Crippen MR) is 58.8 cm³/mol. The summed E-state index contributed by atoms with van der Waals surface area (Å²) in [5.74, 6) is -2.70. The van der Waals surface area contributed by atoms with Crippen molar-refractivity contribution in [2.75, 3.05) is 0 Å². The third kappa shape index (κ3) is 3.05. The number of alkyl halides is 6. The van der Waals surface area contributed by atoms with Gasteiger partial charge >= 0.3 is 12.4 Å². The average Bonchev–Trinajstić information content (AvgIpc) is 2.26. The van der Waals surface area contributed by atoms with Gasteiger partial charge < -0.3 is 10.2 Å². The van der Waals surface area contributed by atoms with E-state index >= 15 is 0 Å². The smallest absolute Gasteiger partial charge is 0.380 e. The molecule has 0 amide bonds. The SMILES string of the molecule is CC(O)(C1CCCC(C(C)(O)C(F)(F)F)C1)C(F)(F)F. The first-order valence-corrected chi connectivity index (χ1v) is 6.29. The van der Waals surface area contributed by atoms with Crippen LogP contribution in [0.1, 0.15) is 39.5 Å². The van der Waals surface area contributed by atoms with Gasteiger partial charge in [-0.05, 0) is 44.9 Å². The largest absolute Gasteiger partial charge is 0.417 e. The molecule has 0 aromatic rings. The van der Waals surface area contributed by atoms with Crippen LogP contribution in [-0.2, 0) is 0 Å². The fourth-order valence-corrected chi connectivity index (χ4v) is 2.67. The van der Waals surface area contributed by atoms with Crippen LogP contribution in [0, 0.1) is 11.8 Å². The maximum atomic E-state index is 12.7. The highest BCUT2D eigenvalue weighted by Gasteiger charge is 2.60. The Kier molecular flexibility index (Phi) is 4.43. The van der Waals surface area contributed by atoms with Crippen molar-refractivity contribution in [1.82, 2.24) is 0 Å². The molecule has 0 spiro atoms. The van der Waals surface area contributed by atoms with Gasteiger partial charge in [0.1, 0.15) is 0 Å². The van der Waals surface area contributed by atoms with Gasteiger partial charge in [-0.2, -0.15) is 26.3 Å². The summed E-state index contributed by atoms with van der Waals surface area (Å²) in [5, 5.41) is 19.1. The van der Waals surface area contributed by atoms with Crippen LogP contribution in [0.2, 0.25) is 0 Å². The van der Waals surface area contributed by atoms with Gasteiger partial charge in [0.2, 0.25) is 0 Å². The molecule has 20 heavy (non-hydrogen) atoms. The standard InChI is InChI=1S/C12H18F6O2/c1-9(19,11(13,14)15)7-4-3-5-8(6-7)10(2,20)12(16,17)18/h7-8,19-20H,3-6H2,1-2H3. The van der Waals surface area contributed by atoms with E-state index in [0.717, 1.165) is 0 Å². The number of aliphatic hydroxyl groups is 2. The maximum Gasteiger partial charge on any atom is 0.417 e. The van der Waals surface area contributed by atoms with Crippen molar-refractivity contribution in [3.05, 3.63) is 0 Å². The van der Waals surface area contributed by atoms with Gasteiger partial charge in [0.15, 0.2) is 11.2 Å². The summed E-state index contributed by atoms with van der Waals surface area (Å²) in [6, 6.07) is 0. The van der Waals surface area contributed by atoms with E-state index in [9.17, 15) is 36.6 Å². The Morgan fingerprint density at radius 2 is 1.05 bits per heavy atom. The first-order chi connectivity index (χ1) is 8.71. The Labute approximate surface area is 112 Å². The highest BCUT2D eigenvalue weighted by molar-refractivity contribution is 4.98. The minimum Gasteiger partial charge on any atom is -0.380 e. The first kappa shape index (κ1) is 17.6. The van der Waals surface area contributed by atoms with E-state index in [2.05, 4.69) is 0 Å². The molecule has 0 radical (unpaired) electrons. The Morgan fingerprint density at radius 1 is 0.750 bits per heavy atom. The van der Waals surface area contributed by atoms with Gasteiger partial charge in [-0.15, -0.1) is 0 Å². The van der Waals surface area contributed by atoms with E-state index in [-0.39, 0.29) is 19.3 Å². The molecule has 8 heteroatoms. The van der Waals surface area contributed by atoms with Crippen LogP contribution in [0.5, 0.6) is 0 Å². The van der Waals surface area contributed by atoms with Crippen LogP contribution in [0.15, 0.2) is 0 Å². The third-order valence-corrected chi connectivity index (χ3v) is 4.41. The molecule has 4 unspecified atom stereocenters. The predicted octanol–water partition coefficient (Wildman–Crippen LogP) is 3.42. The van der Waals surface area contributed by atoms with Crippen molar-refractivity contribution >= 4 is 0 Å². The Balaban J connectivity index is 2.94. The zero-order valence-corrected chi connectivity index (χ0v) is 11.1. The molecular weight excluding hydrogens is 290 g/mol. The summed E-state index contributed by atoms with van der Waals surface area (Å²) in [6.07, 6.45) is -10.3. The monoisotopic (exact) mass is 308 g/mol. The molecule has 0 aromatic heterocycles. The highest BCUT2D eigenvalue weighted by Crippen LogP contribution is 2.49. The van der Waals surface area contributed by atoms with Crippen molar-refractivity contribution in [3.8, 4) is 0 Å². The van der Waals surface area contributed by atoms with Crippen LogP contribution in [0.3, 0.4) is 0 Å². The molecule has 1 saturated carbocycles. The van der Waals surface area contributed by atoms with E-state index in [1.807, 2.05) is 0 Å². The van der Waals surface area contributed by atoms with Crippen molar-refractivity contribution < 1.29 is 36.6 Å². The summed E-state index contributed by atoms with van der Waals surface area (Å²) >= 11 is 0. The third-order valence-electron chi connectivity index (χ3n) is 4.41. The van der Waals surface area contributed by atoms with Crippen LogP contribution in [0.4, 0.5) is 26.3 Å². The average molecular weight is 308 g/mol. The molecule has 2 N–H and O–H groups in total. The van der Waals surface area contributed by atoms with Gasteiger partial charge in [0.25, 0.3) is 0 Å². The molecule has 1 aliphatic carbocycles. The molecule has 1 rings (SSSR count). The Hall–Kier alpha value is -0.500. The molecule has 0 saturated heterocycles. The number of hydrogen-bond acceptors (Lipinski definition) is 2. The number of hydrogen-bond donors (Lipinski definition) is 2. The van der Waals surface area contributed by atoms with Crippen molar-refractivity contribution in [2.45, 2.75) is 63.1 Å². The van der Waals surface area contributed by atoms with Crippen molar-refractivity contribution in [2.24, 2.45) is 11.8 Å². The zero-order chi connectivity index (χ0) is 16.0. The zero-order valence-electron chi connectivity index (χ0n) is 11.1. The molecule has 2 nitrogen and oxygen atoms in total. The van der Waals surface area contributed by atoms with Gasteiger partial charge in [-0.3, -0.25) is 0 Å². The maximum absolute atomic E-state index is 12.7. The van der Waals surface area contributed by atoms with Crippen LogP contribution in [0.25, 0.3) is 0 Å². The fraction of sp³-hybridized carbons (Fsp3) is 1.00. The topological polar surface area (TPSA) is 40.5 Å². The molecule has 120 valence electrons. The normalized spacial score (nSPS) is 31.5. The van der Waals surface area contributed by atoms with Crippen molar-refractivity contribution in [1.29, 1.82) is 0 Å². The number of rotatable bonds is 2. The highest BCUT2D eigenvalue weighted by atomic mass is 19.4. The lowest BCUT2D eigenvalue weighted by molar-refractivity contribution is -0.294. The molecule has 0 bridgehead atoms. The summed E-state index contributed by atoms with van der Waals surface area (Å²) in [6.45, 7) is 1.14. The molecule has 1 fully saturated rings. The molecule has 0 heterocycles. The molecule has 0 aromatic carbocycles. The first-order valence-electron chi connectivity index (χ1n) is 6.29. The van der Waals surface area contributed by atoms with Gasteiger partial charge in [-0.1, -0.05) is 6.42 Å². The van der Waals surface area contributed by atoms with Gasteiger partial charge in [-0.25, -0.2) is 0 Å². The molecule has 4 atom stereocenters. The number of halogens is 6. The summed E-state index contributed by atoms with van der Waals surface area (Å²) < 4.78 is 76.4. The summed E-state index contributed by atoms with van der Waals surface area (Å²) in [4.78, 5) is 0. The second-order valence-corrected chi connectivity index (χ2v) is 5.85. The fourth-order valence-electron chi connectivity index (χ4n) is 2.67. The summed E-state index contributed by atoms with van der Waals surface area (Å²) in [7, 11) is 0. The van der Waals surface area contributed by atoms with Gasteiger partial charge in [0, 0.05) is 0 Å². The van der Waals surface area contributed by atoms with Crippen LogP contribution < -0.4 is 0 Å². The Morgan fingerprint density at radius 3 is 1.30 bits per heavy atom. The van der Waals surface area contributed by atoms with E-state index in [0.29, 0.717) is 13.8 Å². The van der Waals surface area contributed by atoms with E-state index in [1.54, 1.807) is 0 Å². The van der Waals surface area contributed by atoms with E-state index in [4.69, 9.17) is 0 Å². The van der Waals surface area contributed by atoms with Crippen LogP contribution in [-0.4, -0.2) is 33.8 Å². The molecule has 0 aliphatic heterocycles. The lowest BCUT2D eigenvalue weighted by Crippen LogP contribution is -2.55. The molecule has 1 aliphatic rings. The summed E-state index contributed by atoms with van der Waals surface area (Å²) in [5.41, 5.74) is -6.10. The second kappa shape index (κ2) is 5.05. The minimum absolute atomic E-state index is 0.0169.